The average Bonchev–Trinajstić information content (AvgIpc) is 2.10. The molecule has 1 rings (SSSR count). The van der Waals surface area contributed by atoms with Crippen molar-refractivity contribution in [1.29, 1.82) is 0 Å². The van der Waals surface area contributed by atoms with E-state index >= 15 is 0 Å². The molecule has 0 aliphatic carbocycles. The molecule has 17 heavy (non-hydrogen) atoms. The van der Waals surface area contributed by atoms with Gasteiger partial charge in [0.1, 0.15) is 11.9 Å². The number of aromatic hydroxyl groups is 1. The number of hydrogen-bond acceptors (Lipinski definition) is 4. The molecule has 0 radical (unpaired) electrons. The minimum atomic E-state index is -1.27. The van der Waals surface area contributed by atoms with Gasteiger partial charge in [-0.1, -0.05) is 20.8 Å². The van der Waals surface area contributed by atoms with E-state index in [1.165, 1.54) is 6.07 Å². The molecule has 0 aliphatic heterocycles. The van der Waals surface area contributed by atoms with E-state index in [0.29, 0.717) is 5.76 Å². The fourth-order valence-electron chi connectivity index (χ4n) is 1.58. The van der Waals surface area contributed by atoms with Crippen molar-refractivity contribution in [3.05, 3.63) is 28.1 Å². The van der Waals surface area contributed by atoms with Crippen molar-refractivity contribution in [3.8, 4) is 5.95 Å². The Morgan fingerprint density at radius 2 is 1.94 bits per heavy atom. The van der Waals surface area contributed by atoms with Crippen LogP contribution < -0.4 is 5.43 Å². The Morgan fingerprint density at radius 1 is 1.35 bits per heavy atom. The molecule has 0 aromatic carbocycles. The lowest BCUT2D eigenvalue weighted by Gasteiger charge is -2.31. The molecule has 1 heterocycles. The van der Waals surface area contributed by atoms with Crippen LogP contribution in [0.4, 0.5) is 0 Å². The molecule has 0 saturated carbocycles. The maximum Gasteiger partial charge on any atom is 0.285 e. The summed E-state index contributed by atoms with van der Waals surface area (Å²) in [5, 5.41) is 9.33. The topological polar surface area (TPSA) is 59.7 Å². The van der Waals surface area contributed by atoms with E-state index in [9.17, 15) is 9.90 Å². The van der Waals surface area contributed by atoms with Gasteiger partial charge < -0.3 is 13.9 Å². The molecule has 1 atom stereocenters. The molecule has 0 bridgehead atoms. The second-order valence-electron chi connectivity index (χ2n) is 5.46. The summed E-state index contributed by atoms with van der Waals surface area (Å²) in [5.41, 5.74) is -0.465. The van der Waals surface area contributed by atoms with Gasteiger partial charge in [-0.15, -0.1) is 0 Å². The Morgan fingerprint density at radius 3 is 2.35 bits per heavy atom. The highest BCUT2D eigenvalue weighted by molar-refractivity contribution is 6.48. The first-order valence-corrected chi connectivity index (χ1v) is 8.47. The molecule has 0 aliphatic rings. The summed E-state index contributed by atoms with van der Waals surface area (Å²) in [6, 6.07) is 2.43. The molecule has 5 heteroatoms. The van der Waals surface area contributed by atoms with E-state index in [1.54, 1.807) is 0 Å². The van der Waals surface area contributed by atoms with E-state index in [1.807, 2.05) is 20.8 Å². The predicted molar refractivity (Wildman–Crippen MR) is 68.8 cm³/mol. The van der Waals surface area contributed by atoms with Crippen molar-refractivity contribution in [3.63, 3.8) is 0 Å². The van der Waals surface area contributed by atoms with Crippen LogP contribution in [0.25, 0.3) is 0 Å². The summed E-state index contributed by atoms with van der Waals surface area (Å²) in [6.45, 7) is 10.1. The van der Waals surface area contributed by atoms with Gasteiger partial charge in [-0.25, -0.2) is 0 Å². The Labute approximate surface area is 103 Å². The van der Waals surface area contributed by atoms with E-state index in [4.69, 9.17) is 8.84 Å². The van der Waals surface area contributed by atoms with E-state index in [2.05, 4.69) is 13.1 Å². The second-order valence-corrected chi connectivity index (χ2v) is 7.83. The summed E-state index contributed by atoms with van der Waals surface area (Å²) in [5.74, 6) is 0.0273. The van der Waals surface area contributed by atoms with Gasteiger partial charge in [0.25, 0.3) is 5.95 Å². The van der Waals surface area contributed by atoms with Crippen LogP contribution >= 0.6 is 0 Å². The fourth-order valence-corrected chi connectivity index (χ4v) is 2.67. The first-order chi connectivity index (χ1) is 7.70. The first kappa shape index (κ1) is 14.0. The Balaban J connectivity index is 3.17. The van der Waals surface area contributed by atoms with Gasteiger partial charge in [0.15, 0.2) is 14.5 Å². The predicted octanol–water partition coefficient (Wildman–Crippen LogP) is 2.43. The van der Waals surface area contributed by atoms with Gasteiger partial charge >= 0.3 is 0 Å². The monoisotopic (exact) mass is 256 g/mol. The van der Waals surface area contributed by atoms with Crippen LogP contribution in [0.5, 0.6) is 5.95 Å². The van der Waals surface area contributed by atoms with Crippen molar-refractivity contribution in [1.82, 2.24) is 0 Å². The normalized spacial score (nSPS) is 14.0. The second kappa shape index (κ2) is 5.06. The molecule has 1 aromatic rings. The molecule has 96 valence electrons. The lowest BCUT2D eigenvalue weighted by molar-refractivity contribution is 0.0604. The lowest BCUT2D eigenvalue weighted by Crippen LogP contribution is -2.26. The highest BCUT2D eigenvalue weighted by Crippen LogP contribution is 2.36. The van der Waals surface area contributed by atoms with Gasteiger partial charge in [-0.05, 0) is 18.5 Å². The highest BCUT2D eigenvalue weighted by Gasteiger charge is 2.30. The van der Waals surface area contributed by atoms with Crippen LogP contribution in [0, 0.1) is 5.41 Å². The van der Waals surface area contributed by atoms with Crippen molar-refractivity contribution in [2.75, 3.05) is 0 Å². The lowest BCUT2D eigenvalue weighted by atomic mass is 9.87. The maximum atomic E-state index is 11.4. The van der Waals surface area contributed by atoms with Crippen LogP contribution in [-0.4, -0.2) is 14.1 Å². The molecule has 0 saturated heterocycles. The largest absolute Gasteiger partial charge is 0.481 e. The molecular formula is C12H20O4Si. The molecule has 1 N–H and O–H groups in total. The van der Waals surface area contributed by atoms with Crippen LogP contribution in [-0.2, 0) is 4.43 Å². The molecular weight excluding hydrogens is 236 g/mol. The summed E-state index contributed by atoms with van der Waals surface area (Å²) in [6.07, 6.45) is -0.311. The van der Waals surface area contributed by atoms with Crippen molar-refractivity contribution >= 4 is 9.04 Å². The van der Waals surface area contributed by atoms with Crippen molar-refractivity contribution in [2.24, 2.45) is 5.41 Å². The smallest absolute Gasteiger partial charge is 0.285 e. The fraction of sp³-hybridized carbons (Fsp3) is 0.583. The minimum absolute atomic E-state index is 0.193. The first-order valence-electron chi connectivity index (χ1n) is 5.69. The van der Waals surface area contributed by atoms with Crippen LogP contribution in [0.1, 0.15) is 32.6 Å². The Bertz CT molecular complexity index is 431. The standard InChI is InChI=1S/C12H20O4Si/c1-12(2,3)11(16-17(4)5)9-6-8(13)7-10(14)15-9/h6-7,11,14,17H,1-5H3. The zero-order valence-corrected chi connectivity index (χ0v) is 12.1. The molecule has 0 spiro atoms. The van der Waals surface area contributed by atoms with Gasteiger partial charge in [-0.3, -0.25) is 4.79 Å². The minimum Gasteiger partial charge on any atom is -0.481 e. The van der Waals surface area contributed by atoms with Gasteiger partial charge in [0, 0.05) is 6.07 Å². The zero-order valence-electron chi connectivity index (χ0n) is 11.0. The Kier molecular flexibility index (Phi) is 4.16. The van der Waals surface area contributed by atoms with Gasteiger partial charge in [-0.2, -0.15) is 0 Å². The van der Waals surface area contributed by atoms with E-state index in [-0.39, 0.29) is 22.9 Å². The summed E-state index contributed by atoms with van der Waals surface area (Å²) < 4.78 is 11.1. The van der Waals surface area contributed by atoms with Crippen LogP contribution in [0.3, 0.4) is 0 Å². The van der Waals surface area contributed by atoms with E-state index in [0.717, 1.165) is 6.07 Å². The molecule has 1 aromatic heterocycles. The summed E-state index contributed by atoms with van der Waals surface area (Å²) in [7, 11) is -1.27. The molecule has 0 fully saturated rings. The number of hydrogen-bond donors (Lipinski definition) is 1. The van der Waals surface area contributed by atoms with Crippen LogP contribution in [0.2, 0.25) is 13.1 Å². The quantitative estimate of drug-likeness (QED) is 0.844. The average molecular weight is 256 g/mol. The van der Waals surface area contributed by atoms with Crippen molar-refractivity contribution in [2.45, 2.75) is 40.0 Å². The van der Waals surface area contributed by atoms with Crippen LogP contribution in [0.15, 0.2) is 21.3 Å². The molecule has 4 nitrogen and oxygen atoms in total. The van der Waals surface area contributed by atoms with Crippen molar-refractivity contribution < 1.29 is 13.9 Å². The number of rotatable bonds is 3. The zero-order chi connectivity index (χ0) is 13.2. The Hall–Kier alpha value is -1.07. The van der Waals surface area contributed by atoms with Gasteiger partial charge in [0.2, 0.25) is 0 Å². The third kappa shape index (κ3) is 4.01. The molecule has 0 amide bonds. The summed E-state index contributed by atoms with van der Waals surface area (Å²) in [4.78, 5) is 11.4. The SMILES string of the molecule is C[SiH](C)OC(c1cc(=O)cc(O)o1)C(C)(C)C. The molecule has 1 unspecified atom stereocenters. The third-order valence-corrected chi connectivity index (χ3v) is 3.04. The summed E-state index contributed by atoms with van der Waals surface area (Å²) >= 11 is 0. The van der Waals surface area contributed by atoms with E-state index < -0.39 is 9.04 Å². The highest BCUT2D eigenvalue weighted by atomic mass is 28.3. The maximum absolute atomic E-state index is 11.4. The third-order valence-electron chi connectivity index (χ3n) is 2.23. The van der Waals surface area contributed by atoms with Gasteiger partial charge in [0.05, 0.1) is 6.07 Å².